The van der Waals surface area contributed by atoms with Crippen LogP contribution in [-0.2, 0) is 17.8 Å². The molecule has 0 bridgehead atoms. The van der Waals surface area contributed by atoms with Gasteiger partial charge in [-0.15, -0.1) is 0 Å². The van der Waals surface area contributed by atoms with Crippen molar-refractivity contribution in [3.8, 4) is 0 Å². The Morgan fingerprint density at radius 2 is 2.07 bits per heavy atom. The lowest BCUT2D eigenvalue weighted by Gasteiger charge is -2.29. The normalized spacial score (nSPS) is 17.8. The van der Waals surface area contributed by atoms with Gasteiger partial charge < -0.3 is 9.67 Å². The van der Waals surface area contributed by atoms with Gasteiger partial charge in [0.25, 0.3) is 0 Å². The maximum absolute atomic E-state index is 11.9. The number of carbonyl (C=O) groups is 1. The number of benzene rings is 1. The third-order valence-electron chi connectivity index (χ3n) is 5.48. The van der Waals surface area contributed by atoms with E-state index in [1.165, 1.54) is 0 Å². The molecule has 0 radical (unpaired) electrons. The van der Waals surface area contributed by atoms with Crippen LogP contribution in [0.4, 0.5) is 0 Å². The number of aryl methyl sites for hydroxylation is 1. The number of imidazole rings is 1. The zero-order valence-electron chi connectivity index (χ0n) is 16.0. The Morgan fingerprint density at radius 1 is 1.33 bits per heavy atom. The maximum atomic E-state index is 11.9. The molecule has 0 saturated carbocycles. The molecule has 4 nitrogen and oxygen atoms in total. The number of carboxylic acids is 1. The minimum atomic E-state index is -0.719. The highest BCUT2D eigenvalue weighted by Gasteiger charge is 2.36. The van der Waals surface area contributed by atoms with Crippen LogP contribution in [0.15, 0.2) is 18.2 Å². The van der Waals surface area contributed by atoms with Gasteiger partial charge in [-0.2, -0.15) is 0 Å². The molecule has 2 unspecified atom stereocenters. The summed E-state index contributed by atoms with van der Waals surface area (Å²) in [5.74, 6) is 0.165. The fourth-order valence-electron chi connectivity index (χ4n) is 4.21. The van der Waals surface area contributed by atoms with Crippen molar-refractivity contribution >= 4 is 29.2 Å². The molecule has 0 amide bonds. The van der Waals surface area contributed by atoms with Crippen LogP contribution in [0, 0.1) is 5.92 Å². The SMILES string of the molecule is CCC(C(=O)O)C1CCCc2nc(C(C)C)n(Cc3ccc(Cl)c(Cl)c3)c21. The van der Waals surface area contributed by atoms with Crippen molar-refractivity contribution in [2.24, 2.45) is 5.92 Å². The lowest BCUT2D eigenvalue weighted by atomic mass is 9.79. The van der Waals surface area contributed by atoms with Crippen molar-refractivity contribution in [1.82, 2.24) is 9.55 Å². The first-order chi connectivity index (χ1) is 12.8. The van der Waals surface area contributed by atoms with Gasteiger partial charge in [-0.25, -0.2) is 4.98 Å². The number of fused-ring (bicyclic) bond motifs is 1. The van der Waals surface area contributed by atoms with Crippen molar-refractivity contribution in [2.45, 2.75) is 64.8 Å². The van der Waals surface area contributed by atoms with Gasteiger partial charge in [-0.1, -0.05) is 50.0 Å². The van der Waals surface area contributed by atoms with Gasteiger partial charge in [0.1, 0.15) is 5.82 Å². The van der Waals surface area contributed by atoms with E-state index in [-0.39, 0.29) is 17.8 Å². The van der Waals surface area contributed by atoms with Crippen LogP contribution in [0.25, 0.3) is 0 Å². The molecule has 2 atom stereocenters. The summed E-state index contributed by atoms with van der Waals surface area (Å²) in [7, 11) is 0. The highest BCUT2D eigenvalue weighted by Crippen LogP contribution is 2.40. The van der Waals surface area contributed by atoms with Gasteiger partial charge in [-0.3, -0.25) is 4.79 Å². The van der Waals surface area contributed by atoms with E-state index in [0.29, 0.717) is 23.0 Å². The van der Waals surface area contributed by atoms with Gasteiger partial charge in [0.15, 0.2) is 0 Å². The largest absolute Gasteiger partial charge is 0.481 e. The van der Waals surface area contributed by atoms with E-state index in [0.717, 1.165) is 42.0 Å². The molecule has 6 heteroatoms. The molecular formula is C21H26Cl2N2O2. The monoisotopic (exact) mass is 408 g/mol. The first-order valence-corrected chi connectivity index (χ1v) is 10.3. The molecule has 2 aromatic rings. The third kappa shape index (κ3) is 4.02. The van der Waals surface area contributed by atoms with Crippen LogP contribution in [0.2, 0.25) is 10.0 Å². The summed E-state index contributed by atoms with van der Waals surface area (Å²) >= 11 is 12.3. The Balaban J connectivity index is 2.10. The summed E-state index contributed by atoms with van der Waals surface area (Å²) in [5.41, 5.74) is 3.21. The van der Waals surface area contributed by atoms with Crippen molar-refractivity contribution < 1.29 is 9.90 Å². The summed E-state index contributed by atoms with van der Waals surface area (Å²) in [6.45, 7) is 6.83. The average Bonchev–Trinajstić information content (AvgIpc) is 2.98. The maximum Gasteiger partial charge on any atom is 0.307 e. The van der Waals surface area contributed by atoms with E-state index in [9.17, 15) is 9.90 Å². The van der Waals surface area contributed by atoms with Gasteiger partial charge in [0.05, 0.1) is 21.7 Å². The Morgan fingerprint density at radius 3 is 2.67 bits per heavy atom. The van der Waals surface area contributed by atoms with Gasteiger partial charge in [0.2, 0.25) is 0 Å². The quantitative estimate of drug-likeness (QED) is 0.647. The van der Waals surface area contributed by atoms with Crippen molar-refractivity contribution in [3.63, 3.8) is 0 Å². The van der Waals surface area contributed by atoms with Gasteiger partial charge in [0, 0.05) is 24.1 Å². The molecule has 27 heavy (non-hydrogen) atoms. The molecule has 1 aliphatic carbocycles. The van der Waals surface area contributed by atoms with Crippen molar-refractivity contribution in [3.05, 3.63) is 51.0 Å². The Bertz CT molecular complexity index is 845. The second kappa shape index (κ2) is 8.24. The number of hydrogen-bond donors (Lipinski definition) is 1. The number of aliphatic carboxylic acids is 1. The van der Waals surface area contributed by atoms with E-state index < -0.39 is 5.97 Å². The summed E-state index contributed by atoms with van der Waals surface area (Å²) in [5, 5.41) is 10.8. The van der Waals surface area contributed by atoms with E-state index in [1.807, 2.05) is 19.1 Å². The fraction of sp³-hybridized carbons (Fsp3) is 0.524. The summed E-state index contributed by atoms with van der Waals surface area (Å²) < 4.78 is 2.23. The number of rotatable bonds is 6. The lowest BCUT2D eigenvalue weighted by molar-refractivity contribution is -0.142. The second-order valence-corrected chi connectivity index (χ2v) is 8.46. The Labute approximate surface area is 170 Å². The number of hydrogen-bond acceptors (Lipinski definition) is 2. The fourth-order valence-corrected chi connectivity index (χ4v) is 4.53. The van der Waals surface area contributed by atoms with Crippen LogP contribution in [-0.4, -0.2) is 20.6 Å². The Kier molecular flexibility index (Phi) is 6.17. The molecular weight excluding hydrogens is 383 g/mol. The molecule has 1 N–H and O–H groups in total. The predicted octanol–water partition coefficient (Wildman–Crippen LogP) is 5.89. The third-order valence-corrected chi connectivity index (χ3v) is 6.22. The lowest BCUT2D eigenvalue weighted by Crippen LogP contribution is -2.27. The van der Waals surface area contributed by atoms with Crippen LogP contribution in [0.3, 0.4) is 0 Å². The van der Waals surface area contributed by atoms with E-state index >= 15 is 0 Å². The zero-order valence-corrected chi connectivity index (χ0v) is 17.5. The summed E-state index contributed by atoms with van der Waals surface area (Å²) in [6.07, 6.45) is 3.41. The Hall–Kier alpha value is -1.52. The van der Waals surface area contributed by atoms with Crippen LogP contribution in [0.1, 0.15) is 74.6 Å². The van der Waals surface area contributed by atoms with Gasteiger partial charge >= 0.3 is 5.97 Å². The first kappa shape index (κ1) is 20.2. The van der Waals surface area contributed by atoms with Crippen molar-refractivity contribution in [1.29, 1.82) is 0 Å². The van der Waals surface area contributed by atoms with Crippen LogP contribution < -0.4 is 0 Å². The zero-order chi connectivity index (χ0) is 19.7. The highest BCUT2D eigenvalue weighted by molar-refractivity contribution is 6.42. The molecule has 1 heterocycles. The summed E-state index contributed by atoms with van der Waals surface area (Å²) in [6, 6.07) is 5.66. The highest BCUT2D eigenvalue weighted by atomic mass is 35.5. The molecule has 0 fully saturated rings. The molecule has 0 spiro atoms. The molecule has 0 aliphatic heterocycles. The minimum absolute atomic E-state index is 0.000905. The number of halogens is 2. The van der Waals surface area contributed by atoms with E-state index in [2.05, 4.69) is 18.4 Å². The number of carboxylic acid groups (broad SMARTS) is 1. The second-order valence-electron chi connectivity index (χ2n) is 7.64. The first-order valence-electron chi connectivity index (χ1n) is 9.59. The smallest absolute Gasteiger partial charge is 0.307 e. The average molecular weight is 409 g/mol. The number of aromatic nitrogens is 2. The standard InChI is InChI=1S/C21H26Cl2N2O2/c1-4-14(21(26)27)15-6-5-7-18-19(15)25(20(24-18)12(2)3)11-13-8-9-16(22)17(23)10-13/h8-10,12,14-15H,4-7,11H2,1-3H3,(H,26,27). The minimum Gasteiger partial charge on any atom is -0.481 e. The molecule has 1 aromatic carbocycles. The molecule has 0 saturated heterocycles. The van der Waals surface area contributed by atoms with Crippen LogP contribution >= 0.6 is 23.2 Å². The molecule has 1 aromatic heterocycles. The van der Waals surface area contributed by atoms with E-state index in [1.54, 1.807) is 6.07 Å². The molecule has 1 aliphatic rings. The van der Waals surface area contributed by atoms with Gasteiger partial charge in [-0.05, 0) is 43.4 Å². The van der Waals surface area contributed by atoms with Crippen LogP contribution in [0.5, 0.6) is 0 Å². The topological polar surface area (TPSA) is 55.1 Å². The summed E-state index contributed by atoms with van der Waals surface area (Å²) in [4.78, 5) is 16.8. The molecule has 3 rings (SSSR count). The van der Waals surface area contributed by atoms with E-state index in [4.69, 9.17) is 28.2 Å². The molecule has 146 valence electrons. The van der Waals surface area contributed by atoms with Crippen molar-refractivity contribution in [2.75, 3.05) is 0 Å². The number of nitrogens with zero attached hydrogens (tertiary/aromatic N) is 2. The predicted molar refractivity (Wildman–Crippen MR) is 109 cm³/mol.